The fourth-order valence-electron chi connectivity index (χ4n) is 5.00. The molecule has 0 aliphatic carbocycles. The van der Waals surface area contributed by atoms with Crippen molar-refractivity contribution in [2.45, 2.75) is 11.4 Å². The minimum atomic E-state index is -4.14. The molecule has 0 N–H and O–H groups in total. The number of aromatic nitrogens is 2. The molecule has 0 unspecified atom stereocenters. The van der Waals surface area contributed by atoms with Crippen molar-refractivity contribution in [1.82, 2.24) is 10.1 Å². The van der Waals surface area contributed by atoms with Crippen LogP contribution in [0.25, 0.3) is 33.2 Å². The third-order valence-corrected chi connectivity index (χ3v) is 9.46. The predicted molar refractivity (Wildman–Crippen MR) is 172 cm³/mol. The van der Waals surface area contributed by atoms with E-state index >= 15 is 0 Å². The van der Waals surface area contributed by atoms with Crippen LogP contribution in [0.15, 0.2) is 107 Å². The SMILES string of the molecule is COc1ccc(CN(c2ccon2)S(=O)(=O)c2ccc3c(-c4cc(Cl)c(-c5cccc(F)c5)cc4OC)nc(Cl)cc3c2)cc1. The van der Waals surface area contributed by atoms with E-state index in [-0.39, 0.29) is 22.4 Å². The van der Waals surface area contributed by atoms with Crippen molar-refractivity contribution in [1.29, 1.82) is 0 Å². The molecular formula is C33H24Cl2FN3O5S. The summed E-state index contributed by atoms with van der Waals surface area (Å²) in [5, 5.41) is 5.49. The number of benzene rings is 4. The van der Waals surface area contributed by atoms with Gasteiger partial charge in [0.2, 0.25) is 0 Å². The lowest BCUT2D eigenvalue weighted by Gasteiger charge is -2.22. The zero-order valence-electron chi connectivity index (χ0n) is 23.9. The number of hydrogen-bond donors (Lipinski definition) is 0. The molecule has 0 saturated carbocycles. The average molecular weight is 665 g/mol. The lowest BCUT2D eigenvalue weighted by molar-refractivity contribution is 0.414. The van der Waals surface area contributed by atoms with Crippen LogP contribution in [0.2, 0.25) is 10.2 Å². The van der Waals surface area contributed by atoms with Gasteiger partial charge in [-0.25, -0.2) is 22.1 Å². The summed E-state index contributed by atoms with van der Waals surface area (Å²) in [7, 11) is -1.08. The van der Waals surface area contributed by atoms with Crippen LogP contribution in [0.5, 0.6) is 11.5 Å². The molecule has 0 atom stereocenters. The van der Waals surface area contributed by atoms with E-state index in [0.717, 1.165) is 4.31 Å². The number of fused-ring (bicyclic) bond motifs is 1. The van der Waals surface area contributed by atoms with Gasteiger partial charge in [-0.15, -0.1) is 0 Å². The third kappa shape index (κ3) is 6.04. The maximum absolute atomic E-state index is 14.1. The van der Waals surface area contributed by atoms with Crippen LogP contribution in [0.3, 0.4) is 0 Å². The zero-order chi connectivity index (χ0) is 31.7. The Morgan fingerprint density at radius 1 is 0.889 bits per heavy atom. The summed E-state index contributed by atoms with van der Waals surface area (Å²) in [5.74, 6) is 0.790. The van der Waals surface area contributed by atoms with Gasteiger partial charge >= 0.3 is 0 Å². The van der Waals surface area contributed by atoms with Crippen LogP contribution in [-0.4, -0.2) is 32.8 Å². The van der Waals surface area contributed by atoms with Crippen molar-refractivity contribution in [2.24, 2.45) is 0 Å². The highest BCUT2D eigenvalue weighted by Crippen LogP contribution is 2.42. The quantitative estimate of drug-likeness (QED) is 0.143. The molecule has 2 heterocycles. The summed E-state index contributed by atoms with van der Waals surface area (Å²) >= 11 is 13.2. The molecule has 0 saturated heterocycles. The van der Waals surface area contributed by atoms with E-state index in [1.807, 2.05) is 0 Å². The lowest BCUT2D eigenvalue weighted by atomic mass is 9.98. The molecule has 12 heteroatoms. The van der Waals surface area contributed by atoms with E-state index in [0.29, 0.717) is 55.2 Å². The Balaban J connectivity index is 1.44. The number of hydrogen-bond acceptors (Lipinski definition) is 7. The minimum absolute atomic E-state index is 0.00572. The Labute approximate surface area is 268 Å². The van der Waals surface area contributed by atoms with Gasteiger partial charge in [-0.05, 0) is 71.1 Å². The molecule has 6 aromatic rings. The normalized spacial score (nSPS) is 11.5. The monoisotopic (exact) mass is 663 g/mol. The van der Waals surface area contributed by atoms with Gasteiger partial charge in [-0.2, -0.15) is 0 Å². The van der Waals surface area contributed by atoms with Crippen molar-refractivity contribution in [3.63, 3.8) is 0 Å². The molecule has 6 rings (SSSR count). The molecule has 228 valence electrons. The molecule has 0 aliphatic heterocycles. The Bertz CT molecular complexity index is 2130. The van der Waals surface area contributed by atoms with Gasteiger partial charge in [0.05, 0.1) is 31.4 Å². The van der Waals surface area contributed by atoms with Gasteiger partial charge in [0.25, 0.3) is 10.0 Å². The second-order valence-corrected chi connectivity index (χ2v) is 12.6. The first-order chi connectivity index (χ1) is 21.7. The first kappa shape index (κ1) is 30.4. The number of rotatable bonds is 9. The van der Waals surface area contributed by atoms with Gasteiger partial charge in [-0.3, -0.25) is 0 Å². The molecule has 8 nitrogen and oxygen atoms in total. The molecule has 2 aromatic heterocycles. The standard InChI is InChI=1S/C33H24Cl2FN3O5S/c1-42-24-8-6-20(7-9-24)19-39(32-12-13-44-38-32)45(40,41)25-10-11-26-22(15-25)16-31(35)37-33(26)28-17-29(34)27(18-30(28)43-2)21-4-3-5-23(36)14-21/h3-18H,19H2,1-2H3. The van der Waals surface area contributed by atoms with Crippen LogP contribution >= 0.6 is 23.2 Å². The summed E-state index contributed by atoms with van der Waals surface area (Å²) in [6.45, 7) is -0.00733. The maximum Gasteiger partial charge on any atom is 0.265 e. The molecule has 0 fully saturated rings. The third-order valence-electron chi connectivity index (χ3n) is 7.20. The van der Waals surface area contributed by atoms with Crippen LogP contribution in [0.4, 0.5) is 10.2 Å². The lowest BCUT2D eigenvalue weighted by Crippen LogP contribution is -2.30. The van der Waals surface area contributed by atoms with Crippen molar-refractivity contribution < 1.29 is 26.8 Å². The topological polar surface area (TPSA) is 94.8 Å². The van der Waals surface area contributed by atoms with Crippen molar-refractivity contribution in [3.8, 4) is 33.9 Å². The molecule has 45 heavy (non-hydrogen) atoms. The number of ether oxygens (including phenoxy) is 2. The van der Waals surface area contributed by atoms with E-state index in [1.54, 1.807) is 67.8 Å². The van der Waals surface area contributed by atoms with E-state index in [1.165, 1.54) is 43.7 Å². The summed E-state index contributed by atoms with van der Waals surface area (Å²) in [4.78, 5) is 4.56. The Kier molecular flexibility index (Phi) is 8.37. The zero-order valence-corrected chi connectivity index (χ0v) is 26.2. The number of anilines is 1. The molecule has 0 aliphatic rings. The van der Waals surface area contributed by atoms with Gasteiger partial charge in [0.1, 0.15) is 28.7 Å². The molecule has 4 aromatic carbocycles. The summed E-state index contributed by atoms with van der Waals surface area (Å²) in [6, 6.07) is 24.2. The first-order valence-electron chi connectivity index (χ1n) is 13.5. The Hall–Kier alpha value is -4.64. The fraction of sp³-hybridized carbons (Fsp3) is 0.0909. The molecule has 0 spiro atoms. The molecule has 0 radical (unpaired) electrons. The highest BCUT2D eigenvalue weighted by atomic mass is 35.5. The first-order valence-corrected chi connectivity index (χ1v) is 15.7. The van der Waals surface area contributed by atoms with E-state index < -0.39 is 15.8 Å². The smallest absolute Gasteiger partial charge is 0.265 e. The summed E-state index contributed by atoms with van der Waals surface area (Å²) < 4.78 is 59.2. The molecular weight excluding hydrogens is 640 g/mol. The van der Waals surface area contributed by atoms with Crippen LogP contribution < -0.4 is 13.8 Å². The van der Waals surface area contributed by atoms with E-state index in [2.05, 4.69) is 10.1 Å². The van der Waals surface area contributed by atoms with Gasteiger partial charge in [-0.1, -0.05) is 58.7 Å². The fourth-order valence-corrected chi connectivity index (χ4v) is 6.91. The highest BCUT2D eigenvalue weighted by Gasteiger charge is 2.28. The number of sulfonamides is 1. The van der Waals surface area contributed by atoms with Crippen molar-refractivity contribution in [2.75, 3.05) is 18.5 Å². The van der Waals surface area contributed by atoms with Crippen LogP contribution in [0.1, 0.15) is 5.56 Å². The van der Waals surface area contributed by atoms with Gasteiger partial charge < -0.3 is 14.0 Å². The maximum atomic E-state index is 14.1. The van der Waals surface area contributed by atoms with Crippen molar-refractivity contribution in [3.05, 3.63) is 119 Å². The van der Waals surface area contributed by atoms with Gasteiger partial charge in [0, 0.05) is 27.6 Å². The Morgan fingerprint density at radius 2 is 1.69 bits per heavy atom. The second kappa shape index (κ2) is 12.4. The number of methoxy groups -OCH3 is 2. The van der Waals surface area contributed by atoms with Crippen LogP contribution in [-0.2, 0) is 16.6 Å². The second-order valence-electron chi connectivity index (χ2n) is 9.94. The number of pyridine rings is 1. The van der Waals surface area contributed by atoms with E-state index in [4.69, 9.17) is 37.2 Å². The largest absolute Gasteiger partial charge is 0.497 e. The minimum Gasteiger partial charge on any atom is -0.497 e. The Morgan fingerprint density at radius 3 is 2.38 bits per heavy atom. The molecule has 0 bridgehead atoms. The summed E-state index contributed by atoms with van der Waals surface area (Å²) in [5.41, 5.74) is 2.81. The number of nitrogens with zero attached hydrogens (tertiary/aromatic N) is 3. The average Bonchev–Trinajstić information content (AvgIpc) is 3.57. The van der Waals surface area contributed by atoms with E-state index in [9.17, 15) is 12.8 Å². The highest BCUT2D eigenvalue weighted by molar-refractivity contribution is 7.92. The van der Waals surface area contributed by atoms with Crippen LogP contribution in [0, 0.1) is 5.82 Å². The summed E-state index contributed by atoms with van der Waals surface area (Å²) in [6.07, 6.45) is 1.31. The van der Waals surface area contributed by atoms with Crippen molar-refractivity contribution >= 4 is 49.8 Å². The number of halogens is 3. The van der Waals surface area contributed by atoms with Gasteiger partial charge in [0.15, 0.2) is 5.82 Å². The molecule has 0 amide bonds. The predicted octanol–water partition coefficient (Wildman–Crippen LogP) is 8.42.